The van der Waals surface area contributed by atoms with Crippen molar-refractivity contribution in [2.45, 2.75) is 26.9 Å². The van der Waals surface area contributed by atoms with Gasteiger partial charge in [0.15, 0.2) is 0 Å². The van der Waals surface area contributed by atoms with Crippen LogP contribution >= 0.6 is 0 Å². The Labute approximate surface area is 200 Å². The number of fused-ring (bicyclic) bond motifs is 1. The first-order valence-electron chi connectivity index (χ1n) is 11.5. The fourth-order valence-corrected chi connectivity index (χ4v) is 3.99. The number of hydrogen-bond acceptors (Lipinski definition) is 6. The third-order valence-electron chi connectivity index (χ3n) is 5.53. The first-order valence-corrected chi connectivity index (χ1v) is 11.5. The Kier molecular flexibility index (Phi) is 6.93. The van der Waals surface area contributed by atoms with Gasteiger partial charge in [-0.15, -0.1) is 0 Å². The van der Waals surface area contributed by atoms with E-state index in [0.29, 0.717) is 12.5 Å². The summed E-state index contributed by atoms with van der Waals surface area (Å²) < 4.78 is 1.80. The van der Waals surface area contributed by atoms with Gasteiger partial charge in [0.05, 0.1) is 12.3 Å². The summed E-state index contributed by atoms with van der Waals surface area (Å²) in [6.07, 6.45) is 7.07. The van der Waals surface area contributed by atoms with Gasteiger partial charge in [0.25, 0.3) is 0 Å². The molecule has 176 valence electrons. The lowest BCUT2D eigenvalue weighted by atomic mass is 10.0. The molecule has 3 aromatic heterocycles. The highest BCUT2D eigenvalue weighted by Gasteiger charge is 2.14. The topological polar surface area (TPSA) is 79.1 Å². The second kappa shape index (κ2) is 10.1. The quantitative estimate of drug-likeness (QED) is 0.371. The predicted molar refractivity (Wildman–Crippen MR) is 140 cm³/mol. The number of aliphatic hydroxyl groups excluding tert-OH is 1. The molecule has 0 amide bonds. The van der Waals surface area contributed by atoms with Gasteiger partial charge < -0.3 is 15.3 Å². The molecule has 1 atom stereocenters. The fraction of sp³-hybridized carbons (Fsp3) is 0.296. The smallest absolute Gasteiger partial charge is 0.130 e. The third kappa shape index (κ3) is 5.61. The molecular formula is C27H32N6O. The standard InChI is InChI=1S/C27H32N6O/c1-18(2)15-33(16-19(3)34)27-12-21(8-9-28-27)20(4)31-26-11-24-10-22(6-7-23(24)13-29-26)25-14-30-32(5)17-25/h6-14,17-19,34H,4,15-16H2,1-3,5H3,(H,29,31)/t19-/m0/s1. The number of benzene rings is 1. The minimum absolute atomic E-state index is 0.441. The van der Waals surface area contributed by atoms with E-state index in [4.69, 9.17) is 0 Å². The highest BCUT2D eigenvalue weighted by Crippen LogP contribution is 2.27. The van der Waals surface area contributed by atoms with E-state index in [1.165, 1.54) is 0 Å². The number of pyridine rings is 2. The molecular weight excluding hydrogens is 424 g/mol. The normalized spacial score (nSPS) is 12.2. The molecule has 4 aromatic rings. The lowest BCUT2D eigenvalue weighted by molar-refractivity contribution is 0.198. The van der Waals surface area contributed by atoms with Crippen molar-refractivity contribution in [3.63, 3.8) is 0 Å². The van der Waals surface area contributed by atoms with E-state index in [2.05, 4.69) is 63.9 Å². The molecule has 0 unspecified atom stereocenters. The van der Waals surface area contributed by atoms with Gasteiger partial charge in [-0.3, -0.25) is 4.68 Å². The van der Waals surface area contributed by atoms with Crippen molar-refractivity contribution in [1.29, 1.82) is 0 Å². The van der Waals surface area contributed by atoms with E-state index in [1.807, 2.05) is 43.8 Å². The lowest BCUT2D eigenvalue weighted by Crippen LogP contribution is -2.34. The Morgan fingerprint density at radius 3 is 2.56 bits per heavy atom. The van der Waals surface area contributed by atoms with Crippen LogP contribution in [0, 0.1) is 5.92 Å². The fourth-order valence-electron chi connectivity index (χ4n) is 3.99. The molecule has 3 heterocycles. The first-order chi connectivity index (χ1) is 16.3. The van der Waals surface area contributed by atoms with Crippen molar-refractivity contribution in [3.05, 3.63) is 73.3 Å². The minimum atomic E-state index is -0.441. The van der Waals surface area contributed by atoms with Gasteiger partial charge >= 0.3 is 0 Å². The second-order valence-electron chi connectivity index (χ2n) is 9.19. The Bertz CT molecular complexity index is 1280. The molecule has 2 N–H and O–H groups in total. The Hall–Kier alpha value is -3.71. The van der Waals surface area contributed by atoms with Gasteiger partial charge in [-0.25, -0.2) is 9.97 Å². The average Bonchev–Trinajstić information content (AvgIpc) is 3.24. The number of aliphatic hydroxyl groups is 1. The van der Waals surface area contributed by atoms with E-state index >= 15 is 0 Å². The molecule has 0 saturated heterocycles. The van der Waals surface area contributed by atoms with Crippen LogP contribution in [-0.2, 0) is 7.05 Å². The molecule has 4 rings (SSSR count). The molecule has 0 spiro atoms. The predicted octanol–water partition coefficient (Wildman–Crippen LogP) is 4.96. The number of aromatic nitrogens is 4. The number of nitrogens with zero attached hydrogens (tertiary/aromatic N) is 5. The van der Waals surface area contributed by atoms with E-state index < -0.39 is 6.10 Å². The molecule has 0 aliphatic rings. The Morgan fingerprint density at radius 1 is 1.03 bits per heavy atom. The van der Waals surface area contributed by atoms with Crippen LogP contribution < -0.4 is 10.2 Å². The van der Waals surface area contributed by atoms with Crippen molar-refractivity contribution in [1.82, 2.24) is 19.7 Å². The van der Waals surface area contributed by atoms with E-state index in [1.54, 1.807) is 17.8 Å². The molecule has 1 aromatic carbocycles. The lowest BCUT2D eigenvalue weighted by Gasteiger charge is -2.27. The summed E-state index contributed by atoms with van der Waals surface area (Å²) in [5.41, 5.74) is 3.85. The van der Waals surface area contributed by atoms with Crippen LogP contribution in [0.3, 0.4) is 0 Å². The first kappa shape index (κ1) is 23.4. The number of rotatable bonds is 9. The second-order valence-corrected chi connectivity index (χ2v) is 9.19. The SMILES string of the molecule is C=C(Nc1cc2cc(-c3cnn(C)c3)ccc2cn1)c1ccnc(N(CC(C)C)C[C@H](C)O)c1. The number of hydrogen-bond donors (Lipinski definition) is 2. The average molecular weight is 457 g/mol. The number of aryl methyl sites for hydroxylation is 1. The summed E-state index contributed by atoms with van der Waals surface area (Å²) in [4.78, 5) is 11.2. The maximum atomic E-state index is 9.94. The molecule has 0 aliphatic carbocycles. The summed E-state index contributed by atoms with van der Waals surface area (Å²) in [5.74, 6) is 1.99. The zero-order valence-corrected chi connectivity index (χ0v) is 20.2. The van der Waals surface area contributed by atoms with Crippen LogP contribution in [0.1, 0.15) is 26.3 Å². The monoisotopic (exact) mass is 456 g/mol. The van der Waals surface area contributed by atoms with Gasteiger partial charge in [0.1, 0.15) is 11.6 Å². The molecule has 34 heavy (non-hydrogen) atoms. The van der Waals surface area contributed by atoms with E-state index in [0.717, 1.165) is 51.3 Å². The van der Waals surface area contributed by atoms with Gasteiger partial charge in [-0.2, -0.15) is 5.10 Å². The van der Waals surface area contributed by atoms with E-state index in [9.17, 15) is 5.11 Å². The molecule has 0 aliphatic heterocycles. The van der Waals surface area contributed by atoms with Crippen LogP contribution in [0.15, 0.2) is 67.8 Å². The van der Waals surface area contributed by atoms with Crippen LogP contribution in [0.25, 0.3) is 27.6 Å². The molecule has 0 fully saturated rings. The van der Waals surface area contributed by atoms with Crippen LogP contribution in [0.2, 0.25) is 0 Å². The van der Waals surface area contributed by atoms with Crippen molar-refractivity contribution < 1.29 is 5.11 Å². The van der Waals surface area contributed by atoms with Crippen molar-refractivity contribution in [2.24, 2.45) is 13.0 Å². The van der Waals surface area contributed by atoms with Gasteiger partial charge in [-0.05, 0) is 48.1 Å². The van der Waals surface area contributed by atoms with Gasteiger partial charge in [-0.1, -0.05) is 32.6 Å². The number of nitrogens with one attached hydrogen (secondary N) is 1. The summed E-state index contributed by atoms with van der Waals surface area (Å²) in [6.45, 7) is 11.7. The Morgan fingerprint density at radius 2 is 1.85 bits per heavy atom. The highest BCUT2D eigenvalue weighted by atomic mass is 16.3. The summed E-state index contributed by atoms with van der Waals surface area (Å²) in [7, 11) is 1.92. The van der Waals surface area contributed by atoms with Crippen LogP contribution in [0.4, 0.5) is 11.6 Å². The highest BCUT2D eigenvalue weighted by molar-refractivity contribution is 5.89. The molecule has 0 radical (unpaired) electrons. The molecule has 7 nitrogen and oxygen atoms in total. The zero-order chi connectivity index (χ0) is 24.2. The zero-order valence-electron chi connectivity index (χ0n) is 20.2. The van der Waals surface area contributed by atoms with Crippen molar-refractivity contribution in [3.8, 4) is 11.1 Å². The summed E-state index contributed by atoms with van der Waals surface area (Å²) >= 11 is 0. The largest absolute Gasteiger partial charge is 0.392 e. The maximum absolute atomic E-state index is 9.94. The van der Waals surface area contributed by atoms with Crippen molar-refractivity contribution >= 4 is 28.1 Å². The van der Waals surface area contributed by atoms with Crippen LogP contribution in [0.5, 0.6) is 0 Å². The Balaban J connectivity index is 1.56. The minimum Gasteiger partial charge on any atom is -0.392 e. The van der Waals surface area contributed by atoms with Crippen molar-refractivity contribution in [2.75, 3.05) is 23.3 Å². The van der Waals surface area contributed by atoms with Gasteiger partial charge in [0, 0.05) is 60.9 Å². The third-order valence-corrected chi connectivity index (χ3v) is 5.53. The molecule has 0 bridgehead atoms. The maximum Gasteiger partial charge on any atom is 0.130 e. The number of anilines is 2. The molecule has 7 heteroatoms. The molecule has 0 saturated carbocycles. The van der Waals surface area contributed by atoms with Crippen LogP contribution in [-0.4, -0.2) is 44.0 Å². The van der Waals surface area contributed by atoms with E-state index in [-0.39, 0.29) is 0 Å². The summed E-state index contributed by atoms with van der Waals surface area (Å²) in [6, 6.07) is 12.3. The van der Waals surface area contributed by atoms with Gasteiger partial charge in [0.2, 0.25) is 0 Å². The summed E-state index contributed by atoms with van der Waals surface area (Å²) in [5, 5.41) is 19.7.